The molecule has 11 aromatic rings. The zero-order chi connectivity index (χ0) is 45.2. The molecular weight excluding hydrogens is 805 g/mol. The van der Waals surface area contributed by atoms with E-state index in [0.717, 1.165) is 83.3 Å². The van der Waals surface area contributed by atoms with Crippen LogP contribution in [0.25, 0.3) is 89.1 Å². The molecule has 0 bridgehead atoms. The highest BCUT2D eigenvalue weighted by Gasteiger charge is 2.28. The number of fused-ring (bicyclic) bond motifs is 4. The van der Waals surface area contributed by atoms with Crippen molar-refractivity contribution in [3.63, 3.8) is 0 Å². The number of phenols is 1. The van der Waals surface area contributed by atoms with Gasteiger partial charge in [0.1, 0.15) is 11.6 Å². The van der Waals surface area contributed by atoms with Crippen LogP contribution < -0.4 is 0 Å². The van der Waals surface area contributed by atoms with Crippen molar-refractivity contribution in [3.8, 4) is 62.0 Å². The summed E-state index contributed by atoms with van der Waals surface area (Å²) in [6.45, 7) is 11.4. The van der Waals surface area contributed by atoms with Crippen LogP contribution in [0.4, 0.5) is 0 Å². The minimum Gasteiger partial charge on any atom is -0.507 e. The van der Waals surface area contributed by atoms with E-state index in [4.69, 9.17) is 9.97 Å². The summed E-state index contributed by atoms with van der Waals surface area (Å²) in [6.07, 6.45) is 1.95. The SMILES string of the molecule is CC(C)(C)c1ccc(-n2c(-c3ccccc3O)nc3c(-c4cc(-c5nccc6c5c5ccccc5n6-c5ccccc5)cc(C(C)(C)c5ccccc5)c4)cccc32)c(-c2ccccc2)c1. The first-order valence-electron chi connectivity index (χ1n) is 22.7. The number of aromatic nitrogens is 4. The number of benzene rings is 8. The van der Waals surface area contributed by atoms with Gasteiger partial charge in [-0.05, 0) is 100.0 Å². The Kier molecular flexibility index (Phi) is 9.81. The summed E-state index contributed by atoms with van der Waals surface area (Å²) < 4.78 is 4.59. The van der Waals surface area contributed by atoms with E-state index >= 15 is 0 Å². The fraction of sp³-hybridized carbons (Fsp3) is 0.115. The molecule has 0 saturated heterocycles. The van der Waals surface area contributed by atoms with E-state index in [0.29, 0.717) is 11.4 Å². The Bertz CT molecular complexity index is 3600. The third-order valence-corrected chi connectivity index (χ3v) is 13.4. The molecule has 0 spiro atoms. The molecule has 0 atom stereocenters. The highest BCUT2D eigenvalue weighted by molar-refractivity contribution is 6.15. The summed E-state index contributed by atoms with van der Waals surface area (Å²) in [5, 5.41) is 13.8. The summed E-state index contributed by atoms with van der Waals surface area (Å²) in [5.74, 6) is 0.836. The first-order chi connectivity index (χ1) is 32.1. The summed E-state index contributed by atoms with van der Waals surface area (Å²) in [5.41, 5.74) is 16.1. The summed E-state index contributed by atoms with van der Waals surface area (Å²) in [4.78, 5) is 10.8. The van der Waals surface area contributed by atoms with Crippen LogP contribution in [0, 0.1) is 0 Å². The number of hydrogen-bond donors (Lipinski definition) is 1. The summed E-state index contributed by atoms with van der Waals surface area (Å²) in [7, 11) is 0. The van der Waals surface area contributed by atoms with Gasteiger partial charge in [0.25, 0.3) is 0 Å². The van der Waals surface area contributed by atoms with Gasteiger partial charge in [0.2, 0.25) is 0 Å². The van der Waals surface area contributed by atoms with Crippen LogP contribution in [-0.2, 0) is 10.8 Å². The van der Waals surface area contributed by atoms with E-state index in [2.05, 4.69) is 220 Å². The first kappa shape index (κ1) is 40.7. The lowest BCUT2D eigenvalue weighted by Gasteiger charge is -2.27. The molecule has 1 N–H and O–H groups in total. The van der Waals surface area contributed by atoms with Gasteiger partial charge in [-0.1, -0.05) is 168 Å². The van der Waals surface area contributed by atoms with Gasteiger partial charge in [0, 0.05) is 44.8 Å². The topological polar surface area (TPSA) is 55.9 Å². The number of rotatable bonds is 8. The zero-order valence-electron chi connectivity index (χ0n) is 37.9. The van der Waals surface area contributed by atoms with Crippen molar-refractivity contribution >= 4 is 32.8 Å². The maximum absolute atomic E-state index is 11.6. The number of phenolic OH excluding ortho intramolecular Hbond substituents is 1. The molecule has 0 saturated carbocycles. The van der Waals surface area contributed by atoms with E-state index in [1.54, 1.807) is 6.07 Å². The largest absolute Gasteiger partial charge is 0.507 e. The van der Waals surface area contributed by atoms with Crippen LogP contribution in [0.2, 0.25) is 0 Å². The lowest BCUT2D eigenvalue weighted by molar-refractivity contribution is 0.477. The number of aromatic hydroxyl groups is 1. The lowest BCUT2D eigenvalue weighted by Crippen LogP contribution is -2.19. The number of para-hydroxylation sites is 4. The van der Waals surface area contributed by atoms with Gasteiger partial charge in [0.05, 0.1) is 39.0 Å². The molecule has 0 aliphatic rings. The van der Waals surface area contributed by atoms with E-state index < -0.39 is 0 Å². The second-order valence-corrected chi connectivity index (χ2v) is 18.8. The average molecular weight is 855 g/mol. The van der Waals surface area contributed by atoms with Crippen LogP contribution in [0.15, 0.2) is 206 Å². The zero-order valence-corrected chi connectivity index (χ0v) is 37.9. The van der Waals surface area contributed by atoms with Gasteiger partial charge in [-0.2, -0.15) is 0 Å². The minimum absolute atomic E-state index is 0.0708. The fourth-order valence-electron chi connectivity index (χ4n) is 9.76. The van der Waals surface area contributed by atoms with Crippen LogP contribution >= 0.6 is 0 Å². The monoisotopic (exact) mass is 854 g/mol. The van der Waals surface area contributed by atoms with E-state index in [1.165, 1.54) is 11.1 Å². The standard InChI is InChI=1S/C61H50N4O/c1-60(2,3)44-32-33-52(50(39-44)40-20-9-6-10-21-40)65-54-30-19-28-47(58(54)63-59(65)49-27-16-18-31-55(49)66)41-36-42(38-45(37-41)61(4,5)43-22-11-7-12-23-43)57-56-48-26-15-17-29-51(48)64(53(56)34-35-62-57)46-24-13-8-14-25-46/h6-39,66H,1-5H3. The Morgan fingerprint density at radius 1 is 0.455 bits per heavy atom. The molecule has 66 heavy (non-hydrogen) atoms. The number of hydrogen-bond acceptors (Lipinski definition) is 3. The third kappa shape index (κ3) is 6.87. The van der Waals surface area contributed by atoms with Crippen LogP contribution in [0.5, 0.6) is 5.75 Å². The van der Waals surface area contributed by atoms with Crippen LogP contribution in [0.1, 0.15) is 51.3 Å². The van der Waals surface area contributed by atoms with Crippen molar-refractivity contribution in [2.24, 2.45) is 0 Å². The molecule has 0 aliphatic carbocycles. The van der Waals surface area contributed by atoms with Crippen molar-refractivity contribution in [2.75, 3.05) is 0 Å². The highest BCUT2D eigenvalue weighted by atomic mass is 16.3. The molecule has 5 heteroatoms. The summed E-state index contributed by atoms with van der Waals surface area (Å²) >= 11 is 0. The number of imidazole rings is 1. The molecule has 3 aromatic heterocycles. The maximum atomic E-state index is 11.6. The average Bonchev–Trinajstić information content (AvgIpc) is 3.91. The number of nitrogens with zero attached hydrogens (tertiary/aromatic N) is 4. The second-order valence-electron chi connectivity index (χ2n) is 18.8. The predicted molar refractivity (Wildman–Crippen MR) is 274 cm³/mol. The van der Waals surface area contributed by atoms with Crippen LogP contribution in [-0.4, -0.2) is 24.2 Å². The van der Waals surface area contributed by atoms with Crippen LogP contribution in [0.3, 0.4) is 0 Å². The predicted octanol–water partition coefficient (Wildman–Crippen LogP) is 15.5. The fourth-order valence-corrected chi connectivity index (χ4v) is 9.76. The van der Waals surface area contributed by atoms with Crippen molar-refractivity contribution in [1.82, 2.24) is 19.1 Å². The first-order valence-corrected chi connectivity index (χ1v) is 22.7. The molecule has 0 unspecified atom stereocenters. The Morgan fingerprint density at radius 2 is 1.11 bits per heavy atom. The molecule has 3 heterocycles. The Labute approximate surface area is 386 Å². The molecule has 0 amide bonds. The van der Waals surface area contributed by atoms with Crippen molar-refractivity contribution in [2.45, 2.75) is 45.4 Å². The minimum atomic E-state index is -0.369. The molecular formula is C61H50N4O. The van der Waals surface area contributed by atoms with Gasteiger partial charge in [0.15, 0.2) is 0 Å². The van der Waals surface area contributed by atoms with Gasteiger partial charge in [-0.25, -0.2) is 4.98 Å². The smallest absolute Gasteiger partial charge is 0.149 e. The molecule has 320 valence electrons. The Hall–Kier alpha value is -8.02. The molecule has 8 aromatic carbocycles. The van der Waals surface area contributed by atoms with E-state index in [1.807, 2.05) is 24.4 Å². The van der Waals surface area contributed by atoms with E-state index in [9.17, 15) is 5.11 Å². The van der Waals surface area contributed by atoms with Gasteiger partial charge in [-0.15, -0.1) is 0 Å². The second kappa shape index (κ2) is 15.9. The molecule has 0 fully saturated rings. The Balaban J connectivity index is 1.21. The lowest BCUT2D eigenvalue weighted by atomic mass is 9.76. The Morgan fingerprint density at radius 3 is 1.86 bits per heavy atom. The van der Waals surface area contributed by atoms with Gasteiger partial charge in [-0.3, -0.25) is 9.55 Å². The molecule has 0 aliphatic heterocycles. The van der Waals surface area contributed by atoms with Crippen molar-refractivity contribution in [3.05, 3.63) is 223 Å². The van der Waals surface area contributed by atoms with E-state index in [-0.39, 0.29) is 16.6 Å². The van der Waals surface area contributed by atoms with Gasteiger partial charge >= 0.3 is 0 Å². The highest BCUT2D eigenvalue weighted by Crippen LogP contribution is 2.45. The van der Waals surface area contributed by atoms with Crippen molar-refractivity contribution in [1.29, 1.82) is 0 Å². The van der Waals surface area contributed by atoms with Crippen molar-refractivity contribution < 1.29 is 5.11 Å². The summed E-state index contributed by atoms with van der Waals surface area (Å²) in [6, 6.07) is 70.4. The normalized spacial score (nSPS) is 12.1. The quantitative estimate of drug-likeness (QED) is 0.166. The number of pyridine rings is 1. The molecule has 5 nitrogen and oxygen atoms in total. The van der Waals surface area contributed by atoms with Gasteiger partial charge < -0.3 is 9.67 Å². The molecule has 11 rings (SSSR count). The third-order valence-electron chi connectivity index (χ3n) is 13.4. The maximum Gasteiger partial charge on any atom is 0.149 e. The molecule has 0 radical (unpaired) electrons.